The Morgan fingerprint density at radius 1 is 1.15 bits per heavy atom. The molecule has 0 aliphatic rings. The zero-order valence-electron chi connectivity index (χ0n) is 19.6. The highest BCUT2D eigenvalue weighted by Crippen LogP contribution is 2.30. The second-order valence-corrected chi connectivity index (χ2v) is 9.21. The standard InChI is InChI=1S/C26H28N4O4/c1-26(2,3)18-8-16-12-29-30(25(34)23(16)17(9-18)13-31)22-7-5-6-19(20(22)14-32)15-10-21(28-11-15)24(33)27-4/h5-12,28,31-32H,13-14H2,1-4H3,(H,27,33). The number of nitrogens with one attached hydrogen (secondary N) is 2. The molecule has 4 aromatic rings. The van der Waals surface area contributed by atoms with E-state index in [2.05, 4.69) is 36.2 Å². The Morgan fingerprint density at radius 3 is 2.56 bits per heavy atom. The monoisotopic (exact) mass is 460 g/mol. The number of carbonyl (C=O) groups excluding carboxylic acids is 1. The maximum absolute atomic E-state index is 13.6. The zero-order valence-corrected chi connectivity index (χ0v) is 19.6. The SMILES string of the molecule is CNC(=O)c1cc(-c2cccc(-n3ncc4cc(C(C)(C)C)cc(CO)c4c3=O)c2CO)c[nH]1. The van der Waals surface area contributed by atoms with Crippen LogP contribution in [-0.4, -0.2) is 37.9 Å². The average molecular weight is 461 g/mol. The molecule has 0 aliphatic heterocycles. The summed E-state index contributed by atoms with van der Waals surface area (Å²) in [5.41, 5.74) is 3.68. The lowest BCUT2D eigenvalue weighted by Crippen LogP contribution is -2.24. The van der Waals surface area contributed by atoms with Gasteiger partial charge in [-0.25, -0.2) is 0 Å². The van der Waals surface area contributed by atoms with Gasteiger partial charge in [0.2, 0.25) is 0 Å². The van der Waals surface area contributed by atoms with Crippen LogP contribution in [0.4, 0.5) is 0 Å². The number of rotatable bonds is 5. The minimum Gasteiger partial charge on any atom is -0.392 e. The van der Waals surface area contributed by atoms with Crippen molar-refractivity contribution in [3.8, 4) is 16.8 Å². The highest BCUT2D eigenvalue weighted by Gasteiger charge is 2.20. The predicted octanol–water partition coefficient (Wildman–Crippen LogP) is 3.02. The van der Waals surface area contributed by atoms with Crippen LogP contribution in [0, 0.1) is 0 Å². The van der Waals surface area contributed by atoms with E-state index in [0.29, 0.717) is 44.4 Å². The largest absolute Gasteiger partial charge is 0.392 e. The van der Waals surface area contributed by atoms with Crippen LogP contribution in [0.5, 0.6) is 0 Å². The van der Waals surface area contributed by atoms with Gasteiger partial charge < -0.3 is 20.5 Å². The molecule has 0 atom stereocenters. The van der Waals surface area contributed by atoms with Crippen LogP contribution in [-0.2, 0) is 18.6 Å². The van der Waals surface area contributed by atoms with Gasteiger partial charge in [-0.15, -0.1) is 0 Å². The fraction of sp³-hybridized carbons (Fsp3) is 0.269. The molecule has 0 bridgehead atoms. The number of aliphatic hydroxyl groups excluding tert-OH is 2. The number of benzene rings is 2. The third kappa shape index (κ3) is 4.02. The van der Waals surface area contributed by atoms with Crippen LogP contribution < -0.4 is 10.9 Å². The molecule has 4 N–H and O–H groups in total. The summed E-state index contributed by atoms with van der Waals surface area (Å²) in [6, 6.07) is 10.8. The molecule has 0 fully saturated rings. The number of aromatic nitrogens is 3. The zero-order chi connectivity index (χ0) is 24.6. The van der Waals surface area contributed by atoms with Crippen LogP contribution in [0.3, 0.4) is 0 Å². The van der Waals surface area contributed by atoms with Gasteiger partial charge in [0.25, 0.3) is 11.5 Å². The van der Waals surface area contributed by atoms with Gasteiger partial charge in [0.1, 0.15) is 5.69 Å². The summed E-state index contributed by atoms with van der Waals surface area (Å²) in [6.45, 7) is 5.59. The maximum atomic E-state index is 13.6. The average Bonchev–Trinajstić information content (AvgIpc) is 3.32. The Kier molecular flexibility index (Phi) is 6.12. The topological polar surface area (TPSA) is 120 Å². The molecule has 0 radical (unpaired) electrons. The molecule has 2 heterocycles. The van der Waals surface area contributed by atoms with Crippen molar-refractivity contribution >= 4 is 16.7 Å². The molecule has 1 amide bonds. The molecule has 0 saturated heterocycles. The third-order valence-electron chi connectivity index (χ3n) is 6.01. The first kappa shape index (κ1) is 23.4. The lowest BCUT2D eigenvalue weighted by molar-refractivity contribution is 0.0959. The van der Waals surface area contributed by atoms with E-state index >= 15 is 0 Å². The Morgan fingerprint density at radius 2 is 1.91 bits per heavy atom. The van der Waals surface area contributed by atoms with Crippen molar-refractivity contribution in [2.24, 2.45) is 0 Å². The Labute approximate surface area is 196 Å². The summed E-state index contributed by atoms with van der Waals surface area (Å²) in [5.74, 6) is -0.258. The van der Waals surface area contributed by atoms with Gasteiger partial charge in [-0.05, 0) is 40.3 Å². The fourth-order valence-corrected chi connectivity index (χ4v) is 4.12. The number of fused-ring (bicyclic) bond motifs is 1. The summed E-state index contributed by atoms with van der Waals surface area (Å²) in [5, 5.41) is 28.3. The summed E-state index contributed by atoms with van der Waals surface area (Å²) in [4.78, 5) is 28.4. The van der Waals surface area contributed by atoms with Crippen LogP contribution in [0.1, 0.15) is 48.0 Å². The molecule has 2 aromatic heterocycles. The smallest absolute Gasteiger partial charge is 0.279 e. The Balaban J connectivity index is 1.92. The molecule has 8 nitrogen and oxygen atoms in total. The number of amides is 1. The number of carbonyl (C=O) groups is 1. The lowest BCUT2D eigenvalue weighted by Gasteiger charge is -2.21. The van der Waals surface area contributed by atoms with Crippen LogP contribution in [0.2, 0.25) is 0 Å². The number of nitrogens with zero attached hydrogens (tertiary/aromatic N) is 2. The van der Waals surface area contributed by atoms with E-state index < -0.39 is 0 Å². The summed E-state index contributed by atoms with van der Waals surface area (Å²) in [6.07, 6.45) is 3.29. The fourth-order valence-electron chi connectivity index (χ4n) is 4.12. The van der Waals surface area contributed by atoms with E-state index in [4.69, 9.17) is 0 Å². The summed E-state index contributed by atoms with van der Waals surface area (Å²) >= 11 is 0. The van der Waals surface area contributed by atoms with Crippen molar-refractivity contribution in [2.45, 2.75) is 39.4 Å². The maximum Gasteiger partial charge on any atom is 0.279 e. The first-order valence-electron chi connectivity index (χ1n) is 11.0. The normalized spacial score (nSPS) is 11.7. The number of hydrogen-bond acceptors (Lipinski definition) is 5. The Hall–Kier alpha value is -3.75. The molecule has 2 aromatic carbocycles. The second kappa shape index (κ2) is 8.89. The van der Waals surface area contributed by atoms with Gasteiger partial charge in [-0.1, -0.05) is 39.0 Å². The predicted molar refractivity (Wildman–Crippen MR) is 131 cm³/mol. The van der Waals surface area contributed by atoms with Crippen molar-refractivity contribution in [2.75, 3.05) is 7.05 Å². The quantitative estimate of drug-likeness (QED) is 0.365. The number of H-pyrrole nitrogens is 1. The van der Waals surface area contributed by atoms with Crippen molar-refractivity contribution in [3.05, 3.63) is 81.5 Å². The first-order chi connectivity index (χ1) is 16.2. The number of aliphatic hydroxyl groups is 2. The van der Waals surface area contributed by atoms with E-state index in [0.717, 1.165) is 5.56 Å². The van der Waals surface area contributed by atoms with E-state index in [1.165, 1.54) is 4.68 Å². The van der Waals surface area contributed by atoms with Gasteiger partial charge in [-0.3, -0.25) is 9.59 Å². The molecular formula is C26H28N4O4. The van der Waals surface area contributed by atoms with Crippen molar-refractivity contribution < 1.29 is 15.0 Å². The minimum absolute atomic E-state index is 0.157. The van der Waals surface area contributed by atoms with E-state index in [1.807, 2.05) is 18.2 Å². The minimum atomic E-state index is -0.381. The number of hydrogen-bond donors (Lipinski definition) is 4. The van der Waals surface area contributed by atoms with E-state index in [9.17, 15) is 19.8 Å². The molecule has 0 unspecified atom stereocenters. The molecule has 176 valence electrons. The third-order valence-corrected chi connectivity index (χ3v) is 6.01. The van der Waals surface area contributed by atoms with Crippen molar-refractivity contribution in [3.63, 3.8) is 0 Å². The first-order valence-corrected chi connectivity index (χ1v) is 11.0. The summed E-state index contributed by atoms with van der Waals surface area (Å²) < 4.78 is 1.25. The van der Waals surface area contributed by atoms with E-state index in [-0.39, 0.29) is 30.1 Å². The van der Waals surface area contributed by atoms with E-state index in [1.54, 1.807) is 37.6 Å². The van der Waals surface area contributed by atoms with Crippen LogP contribution in [0.25, 0.3) is 27.6 Å². The molecule has 8 heteroatoms. The molecular weight excluding hydrogens is 432 g/mol. The lowest BCUT2D eigenvalue weighted by atomic mass is 9.85. The van der Waals surface area contributed by atoms with Crippen LogP contribution >= 0.6 is 0 Å². The van der Waals surface area contributed by atoms with Crippen molar-refractivity contribution in [1.82, 2.24) is 20.1 Å². The summed E-state index contributed by atoms with van der Waals surface area (Å²) in [7, 11) is 1.55. The van der Waals surface area contributed by atoms with Gasteiger partial charge in [0.05, 0.1) is 30.5 Å². The molecule has 0 spiro atoms. The Bertz CT molecular complexity index is 1440. The molecule has 34 heavy (non-hydrogen) atoms. The van der Waals surface area contributed by atoms with Gasteiger partial charge in [-0.2, -0.15) is 9.78 Å². The molecule has 4 rings (SSSR count). The highest BCUT2D eigenvalue weighted by molar-refractivity contribution is 5.94. The number of aromatic amines is 1. The molecule has 0 saturated carbocycles. The van der Waals surface area contributed by atoms with Crippen LogP contribution in [0.15, 0.2) is 53.6 Å². The van der Waals surface area contributed by atoms with Gasteiger partial charge in [0, 0.05) is 29.8 Å². The van der Waals surface area contributed by atoms with Gasteiger partial charge >= 0.3 is 0 Å². The van der Waals surface area contributed by atoms with Crippen molar-refractivity contribution in [1.29, 1.82) is 0 Å². The highest BCUT2D eigenvalue weighted by atomic mass is 16.3. The second-order valence-electron chi connectivity index (χ2n) is 9.21. The molecule has 0 aliphatic carbocycles. The van der Waals surface area contributed by atoms with Gasteiger partial charge in [0.15, 0.2) is 0 Å².